The molecule has 3 rings (SSSR count). The largest absolute Gasteiger partial charge is 0.340 e. The van der Waals surface area contributed by atoms with E-state index < -0.39 is 0 Å². The van der Waals surface area contributed by atoms with E-state index in [9.17, 15) is 4.79 Å². The number of likely N-dealkylation sites (tertiary alicyclic amines) is 1. The van der Waals surface area contributed by atoms with Gasteiger partial charge in [0.1, 0.15) is 0 Å². The second-order valence-electron chi connectivity index (χ2n) is 6.71. The fraction of sp³-hybridized carbons (Fsp3) is 0.667. The zero-order valence-corrected chi connectivity index (χ0v) is 15.2. The summed E-state index contributed by atoms with van der Waals surface area (Å²) in [5, 5.41) is 3.26. The Hall–Kier alpha value is -1.42. The number of nitrogens with zero attached hydrogens (tertiary/aromatic N) is 4. The summed E-state index contributed by atoms with van der Waals surface area (Å²) < 4.78 is 0. The van der Waals surface area contributed by atoms with E-state index in [-0.39, 0.29) is 5.92 Å². The lowest BCUT2D eigenvalue weighted by Gasteiger charge is -2.38. The minimum atomic E-state index is 0.187. The van der Waals surface area contributed by atoms with Crippen LogP contribution in [-0.2, 0) is 11.3 Å². The summed E-state index contributed by atoms with van der Waals surface area (Å²) >= 11 is 1.70. The predicted molar refractivity (Wildman–Crippen MR) is 96.7 cm³/mol. The van der Waals surface area contributed by atoms with E-state index in [1.165, 1.54) is 0 Å². The number of aromatic nitrogens is 1. The molecule has 5 nitrogen and oxygen atoms in total. The molecule has 1 aromatic rings. The normalized spacial score (nSPS) is 20.9. The van der Waals surface area contributed by atoms with Gasteiger partial charge in [0, 0.05) is 44.0 Å². The summed E-state index contributed by atoms with van der Waals surface area (Å²) in [5.74, 6) is 3.23. The van der Waals surface area contributed by atoms with E-state index in [0.717, 1.165) is 69.4 Å². The molecule has 0 atom stereocenters. The van der Waals surface area contributed by atoms with Crippen LogP contribution in [0.1, 0.15) is 23.5 Å². The van der Waals surface area contributed by atoms with Crippen molar-refractivity contribution < 1.29 is 4.79 Å². The van der Waals surface area contributed by atoms with Gasteiger partial charge in [0.15, 0.2) is 0 Å². The third-order valence-electron chi connectivity index (χ3n) is 4.99. The van der Waals surface area contributed by atoms with Crippen LogP contribution in [0.15, 0.2) is 5.38 Å². The van der Waals surface area contributed by atoms with Gasteiger partial charge in [0.25, 0.3) is 0 Å². The van der Waals surface area contributed by atoms with Crippen molar-refractivity contribution in [3.8, 4) is 12.3 Å². The van der Waals surface area contributed by atoms with Crippen molar-refractivity contribution in [2.45, 2.75) is 26.3 Å². The molecule has 0 N–H and O–H groups in total. The maximum atomic E-state index is 12.7. The van der Waals surface area contributed by atoms with Gasteiger partial charge in [0.2, 0.25) is 5.91 Å². The number of hydrogen-bond donors (Lipinski definition) is 0. The van der Waals surface area contributed by atoms with Crippen LogP contribution >= 0.6 is 11.3 Å². The average molecular weight is 347 g/mol. The van der Waals surface area contributed by atoms with E-state index in [0.29, 0.717) is 12.5 Å². The topological polar surface area (TPSA) is 39.7 Å². The number of terminal acetylenes is 1. The standard InChI is InChI=1S/C18H26N4OS/c1-3-6-20-7-4-16(5-8-20)18(23)22-11-9-21(10-12-22)13-17-14-24-15(2)19-17/h1,14,16H,4-13H2,2H3. The summed E-state index contributed by atoms with van der Waals surface area (Å²) in [6.07, 6.45) is 7.25. The molecule has 2 saturated heterocycles. The van der Waals surface area contributed by atoms with Crippen molar-refractivity contribution >= 4 is 17.2 Å². The fourth-order valence-corrected chi connectivity index (χ4v) is 4.17. The van der Waals surface area contributed by atoms with E-state index >= 15 is 0 Å². The SMILES string of the molecule is C#CCN1CCC(C(=O)N2CCN(Cc3csc(C)n3)CC2)CC1. The smallest absolute Gasteiger partial charge is 0.225 e. The van der Waals surface area contributed by atoms with E-state index in [4.69, 9.17) is 6.42 Å². The Balaban J connectivity index is 1.43. The molecular formula is C18H26N4OS. The number of carbonyl (C=O) groups is 1. The third kappa shape index (κ3) is 4.35. The Morgan fingerprint density at radius 3 is 2.54 bits per heavy atom. The highest BCUT2D eigenvalue weighted by molar-refractivity contribution is 7.09. The van der Waals surface area contributed by atoms with Gasteiger partial charge >= 0.3 is 0 Å². The minimum Gasteiger partial charge on any atom is -0.340 e. The molecule has 1 aromatic heterocycles. The Labute approximate surface area is 148 Å². The van der Waals surface area contributed by atoms with Crippen molar-refractivity contribution in [2.24, 2.45) is 5.92 Å². The zero-order chi connectivity index (χ0) is 16.9. The molecule has 0 aliphatic carbocycles. The number of thiazole rings is 1. The maximum absolute atomic E-state index is 12.7. The van der Waals surface area contributed by atoms with E-state index in [2.05, 4.69) is 31.0 Å². The summed E-state index contributed by atoms with van der Waals surface area (Å²) in [6, 6.07) is 0. The Morgan fingerprint density at radius 1 is 1.25 bits per heavy atom. The number of carbonyl (C=O) groups excluding carboxylic acids is 1. The van der Waals surface area contributed by atoms with Gasteiger partial charge in [-0.1, -0.05) is 5.92 Å². The predicted octanol–water partition coefficient (Wildman–Crippen LogP) is 1.44. The molecule has 24 heavy (non-hydrogen) atoms. The first-order valence-corrected chi connectivity index (χ1v) is 9.61. The Morgan fingerprint density at radius 2 is 1.96 bits per heavy atom. The fourth-order valence-electron chi connectivity index (χ4n) is 3.56. The van der Waals surface area contributed by atoms with Gasteiger partial charge in [-0.25, -0.2) is 4.98 Å². The zero-order valence-electron chi connectivity index (χ0n) is 14.4. The number of hydrogen-bond acceptors (Lipinski definition) is 5. The van der Waals surface area contributed by atoms with E-state index in [1.807, 2.05) is 6.92 Å². The molecule has 6 heteroatoms. The highest BCUT2D eigenvalue weighted by Gasteiger charge is 2.30. The first-order chi connectivity index (χ1) is 11.7. The lowest BCUT2D eigenvalue weighted by atomic mass is 9.95. The highest BCUT2D eigenvalue weighted by Crippen LogP contribution is 2.21. The summed E-state index contributed by atoms with van der Waals surface area (Å²) in [4.78, 5) is 24.0. The van der Waals surface area contributed by atoms with Gasteiger partial charge in [0.05, 0.1) is 17.2 Å². The molecule has 0 unspecified atom stereocenters. The molecule has 0 spiro atoms. The molecule has 2 fully saturated rings. The summed E-state index contributed by atoms with van der Waals surface area (Å²) in [6.45, 7) is 9.11. The Bertz CT molecular complexity index is 592. The van der Waals surface area contributed by atoms with Crippen LogP contribution in [0.25, 0.3) is 0 Å². The molecular weight excluding hydrogens is 320 g/mol. The van der Waals surface area contributed by atoms with Crippen molar-refractivity contribution in [3.05, 3.63) is 16.1 Å². The molecule has 0 radical (unpaired) electrons. The van der Waals surface area contributed by atoms with Crippen molar-refractivity contribution in [2.75, 3.05) is 45.8 Å². The number of aryl methyl sites for hydroxylation is 1. The third-order valence-corrected chi connectivity index (χ3v) is 5.81. The molecule has 1 amide bonds. The first-order valence-electron chi connectivity index (χ1n) is 8.73. The molecule has 3 heterocycles. The van der Waals surface area contributed by atoms with Crippen LogP contribution in [0.3, 0.4) is 0 Å². The molecule has 2 aliphatic rings. The number of rotatable bonds is 4. The first kappa shape index (κ1) is 17.4. The van der Waals surface area contributed by atoms with E-state index in [1.54, 1.807) is 11.3 Å². The highest BCUT2D eigenvalue weighted by atomic mass is 32.1. The summed E-state index contributed by atoms with van der Waals surface area (Å²) in [5.41, 5.74) is 1.15. The van der Waals surface area contributed by atoms with Crippen molar-refractivity contribution in [1.82, 2.24) is 19.7 Å². The van der Waals surface area contributed by atoms with Crippen LogP contribution in [0.5, 0.6) is 0 Å². The molecule has 0 bridgehead atoms. The number of piperazine rings is 1. The second kappa shape index (κ2) is 8.11. The van der Waals surface area contributed by atoms with Crippen molar-refractivity contribution in [1.29, 1.82) is 0 Å². The lowest BCUT2D eigenvalue weighted by molar-refractivity contribution is -0.138. The quantitative estimate of drug-likeness (QED) is 0.774. The van der Waals surface area contributed by atoms with Crippen LogP contribution in [0, 0.1) is 25.2 Å². The van der Waals surface area contributed by atoms with Gasteiger partial charge in [-0.3, -0.25) is 14.6 Å². The molecule has 130 valence electrons. The van der Waals surface area contributed by atoms with Crippen LogP contribution in [-0.4, -0.2) is 71.4 Å². The van der Waals surface area contributed by atoms with Gasteiger partial charge in [-0.2, -0.15) is 0 Å². The second-order valence-corrected chi connectivity index (χ2v) is 7.78. The maximum Gasteiger partial charge on any atom is 0.225 e. The van der Waals surface area contributed by atoms with Crippen LogP contribution in [0.2, 0.25) is 0 Å². The molecule has 0 aromatic carbocycles. The number of amides is 1. The van der Waals surface area contributed by atoms with Crippen LogP contribution < -0.4 is 0 Å². The number of piperidine rings is 1. The van der Waals surface area contributed by atoms with Crippen molar-refractivity contribution in [3.63, 3.8) is 0 Å². The average Bonchev–Trinajstić information content (AvgIpc) is 3.01. The van der Waals surface area contributed by atoms with Gasteiger partial charge < -0.3 is 4.90 Å². The molecule has 0 saturated carbocycles. The minimum absolute atomic E-state index is 0.187. The summed E-state index contributed by atoms with van der Waals surface area (Å²) in [7, 11) is 0. The lowest BCUT2D eigenvalue weighted by Crippen LogP contribution is -2.51. The monoisotopic (exact) mass is 346 g/mol. The van der Waals surface area contributed by atoms with Crippen LogP contribution in [0.4, 0.5) is 0 Å². The van der Waals surface area contributed by atoms with Gasteiger partial charge in [-0.05, 0) is 32.9 Å². The van der Waals surface area contributed by atoms with Gasteiger partial charge in [-0.15, -0.1) is 17.8 Å². The Kier molecular flexibility index (Phi) is 5.88. The molecule has 2 aliphatic heterocycles.